The summed E-state index contributed by atoms with van der Waals surface area (Å²) in [6.45, 7) is 0. The van der Waals surface area contributed by atoms with E-state index in [0.29, 0.717) is 12.8 Å². The van der Waals surface area contributed by atoms with E-state index in [0.717, 1.165) is 12.8 Å². The minimum Gasteiger partial charge on any atom is -0.170 e. The predicted molar refractivity (Wildman–Crippen MR) is 30.4 cm³/mol. The maximum Gasteiger partial charge on any atom is 0.394 e. The molecule has 2 aliphatic carbocycles. The minimum absolute atomic E-state index is 0.00694. The van der Waals surface area contributed by atoms with Crippen molar-refractivity contribution in [2.24, 2.45) is 11.3 Å². The van der Waals surface area contributed by atoms with Gasteiger partial charge in [0.2, 0.25) is 0 Å². The Hall–Kier alpha value is -0.210. The van der Waals surface area contributed by atoms with Crippen molar-refractivity contribution in [3.05, 3.63) is 0 Å². The van der Waals surface area contributed by atoms with Gasteiger partial charge in [-0.2, -0.15) is 13.2 Å². The van der Waals surface area contributed by atoms with Crippen LogP contribution in [-0.4, -0.2) is 6.18 Å². The minimum atomic E-state index is -3.91. The molecule has 2 aliphatic rings. The van der Waals surface area contributed by atoms with Gasteiger partial charge >= 0.3 is 6.18 Å². The number of alkyl halides is 3. The third-order valence-corrected chi connectivity index (χ3v) is 2.97. The van der Waals surface area contributed by atoms with Crippen LogP contribution in [0.4, 0.5) is 13.2 Å². The van der Waals surface area contributed by atoms with Crippen LogP contribution in [0.15, 0.2) is 0 Å². The number of hydrogen-bond acceptors (Lipinski definition) is 0. The summed E-state index contributed by atoms with van der Waals surface area (Å²) in [6.07, 6.45) is -1.52. The molecule has 2 atom stereocenters. The molecule has 2 saturated carbocycles. The average Bonchev–Trinajstić information content (AvgIpc) is 2.36. The van der Waals surface area contributed by atoms with Crippen molar-refractivity contribution >= 4 is 0 Å². The lowest BCUT2D eigenvalue weighted by Crippen LogP contribution is -2.23. The molecule has 0 aromatic carbocycles. The molecule has 0 heterocycles. The van der Waals surface area contributed by atoms with E-state index in [1.165, 1.54) is 0 Å². The monoisotopic (exact) mass is 150 g/mol. The summed E-state index contributed by atoms with van der Waals surface area (Å²) >= 11 is 0. The Morgan fingerprint density at radius 2 is 2.00 bits per heavy atom. The van der Waals surface area contributed by atoms with Gasteiger partial charge in [-0.05, 0) is 25.2 Å². The quantitative estimate of drug-likeness (QED) is 0.498. The summed E-state index contributed by atoms with van der Waals surface area (Å²) in [5.74, 6) is -0.00694. The third-order valence-electron chi connectivity index (χ3n) is 2.97. The second-order valence-electron chi connectivity index (χ2n) is 3.45. The molecule has 2 fully saturated rings. The summed E-state index contributed by atoms with van der Waals surface area (Å²) in [4.78, 5) is 0. The van der Waals surface area contributed by atoms with Crippen LogP contribution < -0.4 is 0 Å². The van der Waals surface area contributed by atoms with Crippen LogP contribution in [0.3, 0.4) is 0 Å². The Bertz CT molecular complexity index is 161. The Morgan fingerprint density at radius 3 is 2.20 bits per heavy atom. The number of fused-ring (bicyclic) bond motifs is 1. The first-order valence-corrected chi connectivity index (χ1v) is 3.63. The molecule has 2 rings (SSSR count). The summed E-state index contributed by atoms with van der Waals surface area (Å²) in [6, 6.07) is 0. The third kappa shape index (κ3) is 0.584. The lowest BCUT2D eigenvalue weighted by molar-refractivity contribution is -0.189. The van der Waals surface area contributed by atoms with E-state index in [1.807, 2.05) is 0 Å². The fourth-order valence-electron chi connectivity index (χ4n) is 2.22. The lowest BCUT2D eigenvalue weighted by atomic mass is 10.0. The van der Waals surface area contributed by atoms with Gasteiger partial charge in [0.05, 0.1) is 5.41 Å². The number of hydrogen-bond donors (Lipinski definition) is 0. The molecule has 0 spiro atoms. The fraction of sp³-hybridized carbons (Fsp3) is 1.00. The molecule has 10 heavy (non-hydrogen) atoms. The topological polar surface area (TPSA) is 0 Å². The lowest BCUT2D eigenvalue weighted by Gasteiger charge is -2.15. The van der Waals surface area contributed by atoms with E-state index in [2.05, 4.69) is 0 Å². The van der Waals surface area contributed by atoms with Gasteiger partial charge in [0.1, 0.15) is 0 Å². The molecule has 0 radical (unpaired) electrons. The molecule has 0 amide bonds. The van der Waals surface area contributed by atoms with Crippen molar-refractivity contribution in [1.82, 2.24) is 0 Å². The Kier molecular flexibility index (Phi) is 0.982. The zero-order valence-corrected chi connectivity index (χ0v) is 5.54. The average molecular weight is 150 g/mol. The molecule has 0 bridgehead atoms. The maximum absolute atomic E-state index is 12.2. The smallest absolute Gasteiger partial charge is 0.170 e. The Labute approximate surface area is 57.4 Å². The first-order chi connectivity index (χ1) is 4.56. The zero-order valence-electron chi connectivity index (χ0n) is 5.54. The normalized spacial score (nSPS) is 45.3. The van der Waals surface area contributed by atoms with E-state index in [1.54, 1.807) is 0 Å². The molecule has 2 unspecified atom stereocenters. The summed E-state index contributed by atoms with van der Waals surface area (Å²) < 4.78 is 36.6. The number of rotatable bonds is 0. The molecule has 3 heteroatoms. The highest BCUT2D eigenvalue weighted by Gasteiger charge is 2.71. The van der Waals surface area contributed by atoms with E-state index in [9.17, 15) is 13.2 Å². The van der Waals surface area contributed by atoms with E-state index in [4.69, 9.17) is 0 Å². The highest BCUT2D eigenvalue weighted by Crippen LogP contribution is 2.70. The highest BCUT2D eigenvalue weighted by molar-refractivity contribution is 5.10. The van der Waals surface area contributed by atoms with Crippen molar-refractivity contribution in [3.8, 4) is 0 Å². The largest absolute Gasteiger partial charge is 0.394 e. The molecule has 0 aromatic heterocycles. The van der Waals surface area contributed by atoms with Crippen LogP contribution in [0.2, 0.25) is 0 Å². The predicted octanol–water partition coefficient (Wildman–Crippen LogP) is 2.74. The van der Waals surface area contributed by atoms with Crippen LogP contribution >= 0.6 is 0 Å². The Balaban J connectivity index is 2.18. The van der Waals surface area contributed by atoms with Crippen LogP contribution in [0.25, 0.3) is 0 Å². The molecule has 58 valence electrons. The van der Waals surface area contributed by atoms with Crippen molar-refractivity contribution < 1.29 is 13.2 Å². The van der Waals surface area contributed by atoms with Crippen molar-refractivity contribution in [1.29, 1.82) is 0 Å². The zero-order chi connectivity index (χ0) is 7.41. The summed E-state index contributed by atoms with van der Waals surface area (Å²) in [5.41, 5.74) is -1.20. The molecule has 0 saturated heterocycles. The van der Waals surface area contributed by atoms with Crippen molar-refractivity contribution in [2.75, 3.05) is 0 Å². The van der Waals surface area contributed by atoms with E-state index < -0.39 is 11.6 Å². The summed E-state index contributed by atoms with van der Waals surface area (Å²) in [7, 11) is 0. The van der Waals surface area contributed by atoms with Gasteiger partial charge in [-0.3, -0.25) is 0 Å². The van der Waals surface area contributed by atoms with Gasteiger partial charge in [-0.15, -0.1) is 0 Å². The molecule has 0 aliphatic heterocycles. The second-order valence-corrected chi connectivity index (χ2v) is 3.45. The summed E-state index contributed by atoms with van der Waals surface area (Å²) in [5, 5.41) is 0. The Morgan fingerprint density at radius 1 is 1.30 bits per heavy atom. The maximum atomic E-state index is 12.2. The van der Waals surface area contributed by atoms with Crippen LogP contribution in [0, 0.1) is 11.3 Å². The van der Waals surface area contributed by atoms with Crippen molar-refractivity contribution in [3.63, 3.8) is 0 Å². The SMILES string of the molecule is FC(F)(F)C12CCCC1C2. The fourth-order valence-corrected chi connectivity index (χ4v) is 2.22. The second kappa shape index (κ2) is 1.51. The van der Waals surface area contributed by atoms with Crippen LogP contribution in [0.5, 0.6) is 0 Å². The van der Waals surface area contributed by atoms with Gasteiger partial charge < -0.3 is 0 Å². The van der Waals surface area contributed by atoms with Gasteiger partial charge in [0.15, 0.2) is 0 Å². The van der Waals surface area contributed by atoms with Gasteiger partial charge in [0, 0.05) is 0 Å². The molecule has 0 nitrogen and oxygen atoms in total. The first-order valence-electron chi connectivity index (χ1n) is 3.63. The molecular formula is C7H9F3. The standard InChI is InChI=1S/C7H9F3/c8-7(9,10)6-3-1-2-5(6)4-6/h5H,1-4H2. The van der Waals surface area contributed by atoms with Crippen molar-refractivity contribution in [2.45, 2.75) is 31.9 Å². The van der Waals surface area contributed by atoms with Gasteiger partial charge in [-0.25, -0.2) is 0 Å². The van der Waals surface area contributed by atoms with Crippen LogP contribution in [-0.2, 0) is 0 Å². The molecule has 0 aromatic rings. The van der Waals surface area contributed by atoms with E-state index in [-0.39, 0.29) is 5.92 Å². The number of halogens is 3. The van der Waals surface area contributed by atoms with Crippen LogP contribution in [0.1, 0.15) is 25.7 Å². The highest BCUT2D eigenvalue weighted by atomic mass is 19.4. The van der Waals surface area contributed by atoms with E-state index >= 15 is 0 Å². The van der Waals surface area contributed by atoms with Gasteiger partial charge in [-0.1, -0.05) is 6.42 Å². The first kappa shape index (κ1) is 6.50. The molecular weight excluding hydrogens is 141 g/mol. The van der Waals surface area contributed by atoms with Gasteiger partial charge in [0.25, 0.3) is 0 Å². The molecule has 0 N–H and O–H groups in total.